The lowest BCUT2D eigenvalue weighted by Crippen LogP contribution is -2.21. The van der Waals surface area contributed by atoms with Crippen molar-refractivity contribution < 1.29 is 27.2 Å². The monoisotopic (exact) mass is 208 g/mol. The molecule has 0 N–H and O–H groups in total. The van der Waals surface area contributed by atoms with Gasteiger partial charge in [-0.15, -0.1) is 0 Å². The maximum absolute atomic E-state index is 12.6. The summed E-state index contributed by atoms with van der Waals surface area (Å²) in [6.07, 6.45) is -0.616. The third-order valence-corrected chi connectivity index (χ3v) is 1.68. The molecule has 0 aromatic rings. The van der Waals surface area contributed by atoms with Gasteiger partial charge in [0.15, 0.2) is 0 Å². The number of hydrogen-bond donors (Lipinski definition) is 0. The minimum Gasteiger partial charge on any atom is -0.256 e. The smallest absolute Gasteiger partial charge is 0.256 e. The van der Waals surface area contributed by atoms with E-state index in [1.54, 1.807) is 0 Å². The SMILES string of the molecule is O=C(F)C1=C(C(=O)F)CC(F)(F)C=C1. The van der Waals surface area contributed by atoms with Gasteiger partial charge < -0.3 is 0 Å². The predicted molar refractivity (Wildman–Crippen MR) is 38.0 cm³/mol. The van der Waals surface area contributed by atoms with Gasteiger partial charge in [0, 0.05) is 12.0 Å². The lowest BCUT2D eigenvalue weighted by Gasteiger charge is -2.17. The van der Waals surface area contributed by atoms with Crippen LogP contribution in [0.4, 0.5) is 17.6 Å². The van der Waals surface area contributed by atoms with E-state index in [9.17, 15) is 27.2 Å². The molecule has 0 aliphatic heterocycles. The summed E-state index contributed by atoms with van der Waals surface area (Å²) < 4.78 is 49.5. The molecule has 0 heterocycles. The Labute approximate surface area is 75.9 Å². The molecule has 76 valence electrons. The Hall–Kier alpha value is -1.46. The van der Waals surface area contributed by atoms with E-state index in [-0.39, 0.29) is 6.08 Å². The zero-order valence-corrected chi connectivity index (χ0v) is 6.69. The second kappa shape index (κ2) is 3.36. The molecule has 6 heteroatoms. The predicted octanol–water partition coefficient (Wildman–Crippen LogP) is 1.87. The van der Waals surface area contributed by atoms with Crippen LogP contribution in [0.1, 0.15) is 6.42 Å². The second-order valence-electron chi connectivity index (χ2n) is 2.71. The number of halogens is 4. The Morgan fingerprint density at radius 1 is 1.21 bits per heavy atom. The van der Waals surface area contributed by atoms with Crippen molar-refractivity contribution >= 4 is 12.1 Å². The van der Waals surface area contributed by atoms with Crippen LogP contribution in [0, 0.1) is 0 Å². The van der Waals surface area contributed by atoms with E-state index in [4.69, 9.17) is 0 Å². The molecule has 0 aromatic heterocycles. The maximum Gasteiger partial charge on any atom is 0.332 e. The molecule has 0 aromatic carbocycles. The summed E-state index contributed by atoms with van der Waals surface area (Å²) in [5.41, 5.74) is -2.06. The van der Waals surface area contributed by atoms with Crippen LogP contribution in [0.15, 0.2) is 23.3 Å². The maximum atomic E-state index is 12.6. The summed E-state index contributed by atoms with van der Waals surface area (Å²) in [7, 11) is 0. The first-order valence-electron chi connectivity index (χ1n) is 3.53. The Morgan fingerprint density at radius 3 is 2.21 bits per heavy atom. The van der Waals surface area contributed by atoms with E-state index in [1.165, 1.54) is 0 Å². The van der Waals surface area contributed by atoms with Gasteiger partial charge in [0.05, 0.1) is 5.57 Å². The van der Waals surface area contributed by atoms with Gasteiger partial charge in [0.2, 0.25) is 0 Å². The highest BCUT2D eigenvalue weighted by molar-refractivity contribution is 6.02. The first-order valence-corrected chi connectivity index (χ1v) is 3.53. The first kappa shape index (κ1) is 10.6. The van der Waals surface area contributed by atoms with Crippen molar-refractivity contribution in [1.29, 1.82) is 0 Å². The van der Waals surface area contributed by atoms with Crippen molar-refractivity contribution in [2.24, 2.45) is 0 Å². The number of rotatable bonds is 2. The Bertz CT molecular complexity index is 354. The standard InChI is InChI=1S/C8H4F4O2/c9-6(13)4-1-2-8(11,12)3-5(4)7(10)14/h1-2H,3H2. The van der Waals surface area contributed by atoms with E-state index >= 15 is 0 Å². The molecule has 1 aliphatic rings. The average molecular weight is 208 g/mol. The Balaban J connectivity index is 3.17. The molecule has 1 rings (SSSR count). The molecule has 0 unspecified atom stereocenters. The van der Waals surface area contributed by atoms with Crippen LogP contribution in [0.3, 0.4) is 0 Å². The quantitative estimate of drug-likeness (QED) is 0.512. The van der Waals surface area contributed by atoms with Crippen LogP contribution in [-0.4, -0.2) is 18.0 Å². The fourth-order valence-electron chi connectivity index (χ4n) is 1.06. The topological polar surface area (TPSA) is 34.1 Å². The van der Waals surface area contributed by atoms with Gasteiger partial charge in [-0.3, -0.25) is 9.59 Å². The highest BCUT2D eigenvalue weighted by Crippen LogP contribution is 2.32. The molecule has 1 aliphatic carbocycles. The summed E-state index contributed by atoms with van der Waals surface area (Å²) in [6.45, 7) is 0. The lowest BCUT2D eigenvalue weighted by molar-refractivity contribution is -0.128. The molecule has 0 bridgehead atoms. The number of allylic oxidation sites excluding steroid dienone is 4. The van der Waals surface area contributed by atoms with Crippen LogP contribution in [0.5, 0.6) is 0 Å². The molecule has 0 amide bonds. The van der Waals surface area contributed by atoms with Crippen LogP contribution in [-0.2, 0) is 9.59 Å². The van der Waals surface area contributed by atoms with Gasteiger partial charge in [0.1, 0.15) is 0 Å². The molecule has 2 nitrogen and oxygen atoms in total. The van der Waals surface area contributed by atoms with Gasteiger partial charge in [-0.2, -0.15) is 8.78 Å². The molecule has 0 radical (unpaired) electrons. The van der Waals surface area contributed by atoms with Crippen LogP contribution in [0.25, 0.3) is 0 Å². The van der Waals surface area contributed by atoms with Gasteiger partial charge in [0.25, 0.3) is 5.92 Å². The van der Waals surface area contributed by atoms with E-state index in [0.717, 1.165) is 0 Å². The van der Waals surface area contributed by atoms with Crippen molar-refractivity contribution in [3.05, 3.63) is 23.3 Å². The summed E-state index contributed by atoms with van der Waals surface area (Å²) in [5.74, 6) is -3.42. The van der Waals surface area contributed by atoms with Crippen LogP contribution >= 0.6 is 0 Å². The Kier molecular flexibility index (Phi) is 2.55. The Morgan fingerprint density at radius 2 is 1.79 bits per heavy atom. The van der Waals surface area contributed by atoms with Crippen molar-refractivity contribution in [1.82, 2.24) is 0 Å². The van der Waals surface area contributed by atoms with Crippen molar-refractivity contribution in [2.45, 2.75) is 12.3 Å². The summed E-state index contributed by atoms with van der Waals surface area (Å²) >= 11 is 0. The summed E-state index contributed by atoms with van der Waals surface area (Å²) in [5, 5.41) is 0. The molecular formula is C8H4F4O2. The zero-order valence-electron chi connectivity index (χ0n) is 6.69. The first-order chi connectivity index (χ1) is 6.33. The van der Waals surface area contributed by atoms with E-state index in [0.29, 0.717) is 6.08 Å². The largest absolute Gasteiger partial charge is 0.332 e. The van der Waals surface area contributed by atoms with Crippen molar-refractivity contribution in [3.63, 3.8) is 0 Å². The van der Waals surface area contributed by atoms with Crippen LogP contribution < -0.4 is 0 Å². The fraction of sp³-hybridized carbons (Fsp3) is 0.250. The molecule has 0 fully saturated rings. The lowest BCUT2D eigenvalue weighted by atomic mass is 9.96. The number of alkyl halides is 2. The number of carbonyl (C=O) groups is 2. The fourth-order valence-corrected chi connectivity index (χ4v) is 1.06. The molecular weight excluding hydrogens is 204 g/mol. The molecule has 0 saturated carbocycles. The molecule has 14 heavy (non-hydrogen) atoms. The third kappa shape index (κ3) is 2.07. The van der Waals surface area contributed by atoms with Gasteiger partial charge in [-0.25, -0.2) is 8.78 Å². The van der Waals surface area contributed by atoms with Crippen molar-refractivity contribution in [3.8, 4) is 0 Å². The summed E-state index contributed by atoms with van der Waals surface area (Å²) in [4.78, 5) is 20.4. The van der Waals surface area contributed by atoms with E-state index in [2.05, 4.69) is 0 Å². The van der Waals surface area contributed by atoms with Crippen molar-refractivity contribution in [2.75, 3.05) is 0 Å². The zero-order chi connectivity index (χ0) is 10.9. The van der Waals surface area contributed by atoms with E-state index < -0.39 is 35.6 Å². The molecule has 0 spiro atoms. The highest BCUT2D eigenvalue weighted by Gasteiger charge is 2.36. The number of carbonyl (C=O) groups excluding carboxylic acids is 2. The van der Waals surface area contributed by atoms with Gasteiger partial charge >= 0.3 is 12.1 Å². The number of hydrogen-bond acceptors (Lipinski definition) is 2. The molecule has 0 saturated heterocycles. The minimum atomic E-state index is -3.42. The minimum absolute atomic E-state index is 0.256. The average Bonchev–Trinajstić information content (AvgIpc) is 2.01. The van der Waals surface area contributed by atoms with Crippen LogP contribution in [0.2, 0.25) is 0 Å². The van der Waals surface area contributed by atoms with E-state index in [1.807, 2.05) is 0 Å². The normalized spacial score (nSPS) is 19.7. The third-order valence-electron chi connectivity index (χ3n) is 1.68. The van der Waals surface area contributed by atoms with Gasteiger partial charge in [-0.1, -0.05) is 0 Å². The molecule has 0 atom stereocenters. The second-order valence-corrected chi connectivity index (χ2v) is 2.71. The van der Waals surface area contributed by atoms with Gasteiger partial charge in [-0.05, 0) is 12.2 Å². The highest BCUT2D eigenvalue weighted by atomic mass is 19.3. The summed E-state index contributed by atoms with van der Waals surface area (Å²) in [6, 6.07) is -4.31.